The van der Waals surface area contributed by atoms with E-state index < -0.39 is 0 Å². The van der Waals surface area contributed by atoms with Gasteiger partial charge >= 0.3 is 0 Å². The zero-order valence-electron chi connectivity index (χ0n) is 17.1. The zero-order chi connectivity index (χ0) is 21.1. The molecule has 0 saturated heterocycles. The summed E-state index contributed by atoms with van der Waals surface area (Å²) in [5, 5.41) is 6.36. The van der Waals surface area contributed by atoms with Gasteiger partial charge in [-0.15, -0.1) is 0 Å². The first-order valence-electron chi connectivity index (χ1n) is 10.6. The first-order valence-corrected chi connectivity index (χ1v) is 10.6. The highest BCUT2D eigenvalue weighted by Crippen LogP contribution is 2.16. The number of aromatic amines is 4. The number of fused-ring (bicyclic) bond motifs is 12. The van der Waals surface area contributed by atoms with Gasteiger partial charge in [-0.1, -0.05) is 18.2 Å². The summed E-state index contributed by atoms with van der Waals surface area (Å²) in [6, 6.07) is 23.0. The van der Waals surface area contributed by atoms with Crippen LogP contribution >= 0.6 is 0 Å². The summed E-state index contributed by atoms with van der Waals surface area (Å²) in [5.41, 5.74) is 6.10. The first kappa shape index (κ1) is 17.2. The lowest BCUT2D eigenvalue weighted by Crippen LogP contribution is -2.11. The largest absolute Gasteiger partial charge is 0.355 e. The van der Waals surface area contributed by atoms with Crippen LogP contribution in [0.1, 0.15) is 22.8 Å². The molecule has 32 heavy (non-hydrogen) atoms. The van der Waals surface area contributed by atoms with Crippen LogP contribution in [0.3, 0.4) is 0 Å². The second-order valence-electron chi connectivity index (χ2n) is 8.21. The van der Waals surface area contributed by atoms with Gasteiger partial charge in [0.1, 0.15) is 0 Å². The number of hydrogen-bond donors (Lipinski definition) is 4. The minimum absolute atomic E-state index is 0.964. The van der Waals surface area contributed by atoms with Crippen LogP contribution in [0.5, 0.6) is 0 Å². The SMILES string of the molecule is C1=c2ccc([nH]2)=Cc2ccc([nH]2)C=c2[nH]c(c3cc4ccccc4nc23)=Cc2ccc1[nH]2. The average molecular weight is 413 g/mol. The number of hydrogen-bond acceptors (Lipinski definition) is 1. The van der Waals surface area contributed by atoms with E-state index in [1.807, 2.05) is 6.07 Å². The van der Waals surface area contributed by atoms with Crippen LogP contribution in [0, 0.1) is 0 Å². The lowest BCUT2D eigenvalue weighted by atomic mass is 10.1. The third-order valence-corrected chi connectivity index (χ3v) is 5.95. The molecule has 7 rings (SSSR count). The van der Waals surface area contributed by atoms with Crippen LogP contribution in [-0.4, -0.2) is 24.9 Å². The Morgan fingerprint density at radius 1 is 0.531 bits per heavy atom. The molecule has 0 spiro atoms. The van der Waals surface area contributed by atoms with Crippen molar-refractivity contribution in [2.45, 2.75) is 0 Å². The Kier molecular flexibility index (Phi) is 3.49. The van der Waals surface area contributed by atoms with E-state index in [9.17, 15) is 0 Å². The summed E-state index contributed by atoms with van der Waals surface area (Å²) in [4.78, 5) is 19.0. The maximum Gasteiger partial charge on any atom is 0.0966 e. The van der Waals surface area contributed by atoms with Crippen molar-refractivity contribution in [2.75, 3.05) is 0 Å². The van der Waals surface area contributed by atoms with Gasteiger partial charge in [0.05, 0.1) is 21.7 Å². The minimum Gasteiger partial charge on any atom is -0.355 e. The lowest BCUT2D eigenvalue weighted by molar-refractivity contribution is 1.23. The van der Waals surface area contributed by atoms with Crippen LogP contribution < -0.4 is 21.4 Å². The van der Waals surface area contributed by atoms with Gasteiger partial charge < -0.3 is 19.9 Å². The molecule has 0 saturated carbocycles. The van der Waals surface area contributed by atoms with Crippen molar-refractivity contribution in [2.24, 2.45) is 0 Å². The number of pyridine rings is 1. The Morgan fingerprint density at radius 3 is 1.88 bits per heavy atom. The third kappa shape index (κ3) is 2.83. The van der Waals surface area contributed by atoms with Gasteiger partial charge in [-0.2, -0.15) is 0 Å². The molecule has 6 aromatic rings. The lowest BCUT2D eigenvalue weighted by Gasteiger charge is -1.97. The van der Waals surface area contributed by atoms with E-state index >= 15 is 0 Å². The maximum atomic E-state index is 4.99. The fourth-order valence-corrected chi connectivity index (χ4v) is 4.46. The highest BCUT2D eigenvalue weighted by Gasteiger charge is 2.07. The van der Waals surface area contributed by atoms with Crippen molar-refractivity contribution >= 4 is 46.1 Å². The maximum absolute atomic E-state index is 4.99. The van der Waals surface area contributed by atoms with E-state index in [4.69, 9.17) is 4.98 Å². The number of nitrogens with zero attached hydrogens (tertiary/aromatic N) is 1. The van der Waals surface area contributed by atoms with Gasteiger partial charge in [0, 0.05) is 44.2 Å². The molecule has 6 heterocycles. The predicted molar refractivity (Wildman–Crippen MR) is 129 cm³/mol. The molecule has 152 valence electrons. The quantitative estimate of drug-likeness (QED) is 0.303. The monoisotopic (exact) mass is 413 g/mol. The van der Waals surface area contributed by atoms with E-state index in [0.29, 0.717) is 0 Å². The third-order valence-electron chi connectivity index (χ3n) is 5.95. The smallest absolute Gasteiger partial charge is 0.0966 e. The molecule has 8 bridgehead atoms. The first-order chi connectivity index (χ1) is 15.8. The number of aromatic nitrogens is 5. The highest BCUT2D eigenvalue weighted by molar-refractivity contribution is 5.94. The van der Waals surface area contributed by atoms with Crippen LogP contribution in [0.15, 0.2) is 66.7 Å². The summed E-state index contributed by atoms with van der Waals surface area (Å²) in [6.07, 6.45) is 8.49. The number of benzene rings is 1. The van der Waals surface area contributed by atoms with Gasteiger partial charge in [0.15, 0.2) is 0 Å². The zero-order valence-corrected chi connectivity index (χ0v) is 17.1. The van der Waals surface area contributed by atoms with Crippen molar-refractivity contribution in [3.63, 3.8) is 0 Å². The van der Waals surface area contributed by atoms with E-state index in [0.717, 1.165) is 66.0 Å². The van der Waals surface area contributed by atoms with Gasteiger partial charge in [-0.05, 0) is 72.8 Å². The van der Waals surface area contributed by atoms with E-state index in [1.165, 1.54) is 0 Å². The van der Waals surface area contributed by atoms with Crippen LogP contribution in [-0.2, 0) is 0 Å². The molecule has 5 aromatic heterocycles. The molecular formula is C27H19N5. The van der Waals surface area contributed by atoms with Crippen molar-refractivity contribution in [1.82, 2.24) is 24.9 Å². The molecule has 1 aliphatic rings. The number of para-hydroxylation sites is 1. The van der Waals surface area contributed by atoms with Crippen LogP contribution in [0.25, 0.3) is 46.1 Å². The Balaban J connectivity index is 1.60. The summed E-state index contributed by atoms with van der Waals surface area (Å²) < 4.78 is 0. The van der Waals surface area contributed by atoms with E-state index in [-0.39, 0.29) is 0 Å². The summed E-state index contributed by atoms with van der Waals surface area (Å²) in [7, 11) is 0. The van der Waals surface area contributed by atoms with Crippen molar-refractivity contribution < 1.29 is 0 Å². The highest BCUT2D eigenvalue weighted by atomic mass is 14.8. The normalized spacial score (nSPS) is 12.8. The van der Waals surface area contributed by atoms with Gasteiger partial charge in [-0.3, -0.25) is 0 Å². The molecule has 5 heteroatoms. The van der Waals surface area contributed by atoms with E-state index in [1.54, 1.807) is 0 Å². The molecule has 0 unspecified atom stereocenters. The fraction of sp³-hybridized carbons (Fsp3) is 0. The van der Waals surface area contributed by atoms with Crippen molar-refractivity contribution in [3.8, 4) is 0 Å². The molecule has 1 aliphatic heterocycles. The molecule has 0 atom stereocenters. The number of nitrogens with one attached hydrogen (secondary N) is 4. The molecule has 0 aliphatic carbocycles. The van der Waals surface area contributed by atoms with Crippen molar-refractivity contribution in [3.05, 3.63) is 111 Å². The molecular weight excluding hydrogens is 394 g/mol. The Bertz CT molecular complexity index is 1750. The van der Waals surface area contributed by atoms with E-state index in [2.05, 4.69) is 105 Å². The van der Waals surface area contributed by atoms with Gasteiger partial charge in [-0.25, -0.2) is 4.98 Å². The topological polar surface area (TPSA) is 76.0 Å². The van der Waals surface area contributed by atoms with Gasteiger partial charge in [0.2, 0.25) is 0 Å². The summed E-state index contributed by atoms with van der Waals surface area (Å²) in [6.45, 7) is 0. The fourth-order valence-electron chi connectivity index (χ4n) is 4.46. The summed E-state index contributed by atoms with van der Waals surface area (Å²) >= 11 is 0. The Labute approximate surface area is 182 Å². The second-order valence-corrected chi connectivity index (χ2v) is 8.21. The second kappa shape index (κ2) is 6.49. The molecule has 0 fully saturated rings. The Hall–Kier alpha value is -4.51. The predicted octanol–water partition coefficient (Wildman–Crippen LogP) is 2.33. The molecule has 4 N–H and O–H groups in total. The molecule has 1 aromatic carbocycles. The van der Waals surface area contributed by atoms with Gasteiger partial charge in [0.25, 0.3) is 0 Å². The molecule has 0 radical (unpaired) electrons. The molecule has 0 amide bonds. The Morgan fingerprint density at radius 2 is 1.16 bits per heavy atom. The summed E-state index contributed by atoms with van der Waals surface area (Å²) in [5.74, 6) is 0. The number of H-pyrrole nitrogens is 4. The van der Waals surface area contributed by atoms with Crippen LogP contribution in [0.2, 0.25) is 0 Å². The molecule has 5 nitrogen and oxygen atoms in total. The van der Waals surface area contributed by atoms with Crippen molar-refractivity contribution in [1.29, 1.82) is 0 Å². The minimum atomic E-state index is 0.964. The van der Waals surface area contributed by atoms with Crippen LogP contribution in [0.4, 0.5) is 0 Å². The standard InChI is InChI=1S/C27H19N5/c1-2-4-24-16(3-1)11-23-25-14-21-9-7-19(29-21)12-17-5-6-18(28-17)13-20-8-10-22(30-20)15-26(31-25)27(23)32-24/h1-15,28-31H. The number of rotatable bonds is 0. The average Bonchev–Trinajstić information content (AvgIpc) is 3.58.